The lowest BCUT2D eigenvalue weighted by molar-refractivity contribution is -0.139. The maximum atomic E-state index is 12.2. The van der Waals surface area contributed by atoms with Crippen molar-refractivity contribution < 1.29 is 19.1 Å². The van der Waals surface area contributed by atoms with E-state index < -0.39 is 0 Å². The zero-order valence-electron chi connectivity index (χ0n) is 17.0. The zero-order valence-corrected chi connectivity index (χ0v) is 17.0. The quantitative estimate of drug-likeness (QED) is 0.499. The number of piperidine rings is 1. The standard InChI is InChI=1S/C23H28N2O4/c1-18-8-6-7-13-25(18)23(26)17-29-24-15-20-11-12-21(22(14-20)27-2)28-16-19-9-4-3-5-10-19/h3-5,9-12,14-15,18H,6-8,13,16-17H2,1-2H3/b24-15-/t18-/m1/s1. The fourth-order valence-corrected chi connectivity index (χ4v) is 3.36. The van der Waals surface area contributed by atoms with E-state index in [9.17, 15) is 4.79 Å². The van der Waals surface area contributed by atoms with Gasteiger partial charge in [0.25, 0.3) is 5.91 Å². The molecule has 154 valence electrons. The van der Waals surface area contributed by atoms with Crippen molar-refractivity contribution in [2.24, 2.45) is 5.16 Å². The molecule has 0 N–H and O–H groups in total. The predicted molar refractivity (Wildman–Crippen MR) is 112 cm³/mol. The maximum Gasteiger partial charge on any atom is 0.263 e. The van der Waals surface area contributed by atoms with Crippen LogP contribution in [-0.2, 0) is 16.2 Å². The first-order chi connectivity index (χ1) is 14.2. The summed E-state index contributed by atoms with van der Waals surface area (Å²) >= 11 is 0. The lowest BCUT2D eigenvalue weighted by Crippen LogP contribution is -2.43. The van der Waals surface area contributed by atoms with Gasteiger partial charge in [-0.1, -0.05) is 35.5 Å². The molecule has 0 radical (unpaired) electrons. The number of methoxy groups -OCH3 is 1. The van der Waals surface area contributed by atoms with Gasteiger partial charge in [-0.05, 0) is 49.9 Å². The molecule has 6 heteroatoms. The van der Waals surface area contributed by atoms with Crippen LogP contribution in [0.25, 0.3) is 0 Å². The molecule has 2 aromatic carbocycles. The fraction of sp³-hybridized carbons (Fsp3) is 0.391. The number of rotatable bonds is 8. The summed E-state index contributed by atoms with van der Waals surface area (Å²) < 4.78 is 11.3. The van der Waals surface area contributed by atoms with E-state index in [1.165, 1.54) is 6.42 Å². The summed E-state index contributed by atoms with van der Waals surface area (Å²) in [6, 6.07) is 15.7. The van der Waals surface area contributed by atoms with Crippen molar-refractivity contribution in [1.82, 2.24) is 4.90 Å². The Bertz CT molecular complexity index is 823. The van der Waals surface area contributed by atoms with Gasteiger partial charge in [-0.2, -0.15) is 0 Å². The van der Waals surface area contributed by atoms with Gasteiger partial charge in [0.05, 0.1) is 13.3 Å². The molecule has 1 saturated heterocycles. The highest BCUT2D eigenvalue weighted by Crippen LogP contribution is 2.28. The van der Waals surface area contributed by atoms with Crippen molar-refractivity contribution in [2.75, 3.05) is 20.3 Å². The van der Waals surface area contributed by atoms with Crippen molar-refractivity contribution in [3.05, 3.63) is 59.7 Å². The summed E-state index contributed by atoms with van der Waals surface area (Å²) in [5.74, 6) is 1.25. The monoisotopic (exact) mass is 396 g/mol. The summed E-state index contributed by atoms with van der Waals surface area (Å²) in [7, 11) is 1.60. The third-order valence-electron chi connectivity index (χ3n) is 5.01. The third-order valence-corrected chi connectivity index (χ3v) is 5.01. The Morgan fingerprint density at radius 2 is 2.00 bits per heavy atom. The lowest BCUT2D eigenvalue weighted by atomic mass is 10.0. The average molecular weight is 396 g/mol. The van der Waals surface area contributed by atoms with Crippen LogP contribution in [0.15, 0.2) is 53.7 Å². The second-order valence-electron chi connectivity index (χ2n) is 7.12. The van der Waals surface area contributed by atoms with Gasteiger partial charge in [0.15, 0.2) is 18.1 Å². The first kappa shape index (κ1) is 20.7. The summed E-state index contributed by atoms with van der Waals surface area (Å²) in [5, 5.41) is 3.93. The largest absolute Gasteiger partial charge is 0.493 e. The predicted octanol–water partition coefficient (Wildman–Crippen LogP) is 4.03. The van der Waals surface area contributed by atoms with Crippen LogP contribution < -0.4 is 9.47 Å². The number of benzene rings is 2. The second kappa shape index (κ2) is 10.5. The molecule has 1 atom stereocenters. The van der Waals surface area contributed by atoms with Gasteiger partial charge in [0.2, 0.25) is 0 Å². The lowest BCUT2D eigenvalue weighted by Gasteiger charge is -2.32. The number of likely N-dealkylation sites (tertiary alicyclic amines) is 1. The number of hydrogen-bond donors (Lipinski definition) is 0. The molecule has 0 aliphatic carbocycles. The van der Waals surface area contributed by atoms with E-state index in [0.29, 0.717) is 18.1 Å². The summed E-state index contributed by atoms with van der Waals surface area (Å²) in [4.78, 5) is 19.3. The van der Waals surface area contributed by atoms with Gasteiger partial charge in [-0.25, -0.2) is 0 Å². The van der Waals surface area contributed by atoms with E-state index in [2.05, 4.69) is 12.1 Å². The van der Waals surface area contributed by atoms with Crippen molar-refractivity contribution in [3.63, 3.8) is 0 Å². The Morgan fingerprint density at radius 3 is 2.76 bits per heavy atom. The number of hydrogen-bond acceptors (Lipinski definition) is 5. The molecule has 0 aromatic heterocycles. The molecule has 2 aromatic rings. The molecule has 29 heavy (non-hydrogen) atoms. The van der Waals surface area contributed by atoms with Gasteiger partial charge in [0, 0.05) is 18.2 Å². The summed E-state index contributed by atoms with van der Waals surface area (Å²) in [6.07, 6.45) is 4.85. The Balaban J connectivity index is 1.52. The molecule has 0 unspecified atom stereocenters. The van der Waals surface area contributed by atoms with Crippen LogP contribution in [0.2, 0.25) is 0 Å². The highest BCUT2D eigenvalue weighted by molar-refractivity contribution is 5.81. The molecule has 0 saturated carbocycles. The molecule has 1 aliphatic rings. The minimum atomic E-state index is -0.0454. The van der Waals surface area contributed by atoms with Gasteiger partial charge < -0.3 is 19.2 Å². The van der Waals surface area contributed by atoms with Gasteiger partial charge >= 0.3 is 0 Å². The Hall–Kier alpha value is -3.02. The number of carbonyl (C=O) groups is 1. The highest BCUT2D eigenvalue weighted by Gasteiger charge is 2.23. The minimum Gasteiger partial charge on any atom is -0.493 e. The molecule has 6 nitrogen and oxygen atoms in total. The highest BCUT2D eigenvalue weighted by atomic mass is 16.6. The van der Waals surface area contributed by atoms with E-state index in [4.69, 9.17) is 14.3 Å². The maximum absolute atomic E-state index is 12.2. The molecule has 3 rings (SSSR count). The van der Waals surface area contributed by atoms with E-state index in [1.54, 1.807) is 13.3 Å². The van der Waals surface area contributed by atoms with Gasteiger partial charge in [-0.3, -0.25) is 4.79 Å². The second-order valence-corrected chi connectivity index (χ2v) is 7.12. The fourth-order valence-electron chi connectivity index (χ4n) is 3.36. The van der Waals surface area contributed by atoms with E-state index in [1.807, 2.05) is 53.4 Å². The van der Waals surface area contributed by atoms with E-state index >= 15 is 0 Å². The molecular weight excluding hydrogens is 368 g/mol. The minimum absolute atomic E-state index is 0.0170. The number of oxime groups is 1. The molecule has 1 heterocycles. The number of amides is 1. The smallest absolute Gasteiger partial charge is 0.263 e. The number of carbonyl (C=O) groups excluding carboxylic acids is 1. The SMILES string of the molecule is COc1cc(/C=N\OCC(=O)N2CCCC[C@H]2C)ccc1OCc1ccccc1. The van der Waals surface area contributed by atoms with Crippen LogP contribution in [0.3, 0.4) is 0 Å². The van der Waals surface area contributed by atoms with Crippen molar-refractivity contribution in [3.8, 4) is 11.5 Å². The molecule has 1 aliphatic heterocycles. The van der Waals surface area contributed by atoms with Crippen molar-refractivity contribution in [1.29, 1.82) is 0 Å². The number of nitrogens with zero attached hydrogens (tertiary/aromatic N) is 2. The average Bonchev–Trinajstić information content (AvgIpc) is 2.76. The third kappa shape index (κ3) is 5.98. The van der Waals surface area contributed by atoms with E-state index in [0.717, 1.165) is 30.5 Å². The van der Waals surface area contributed by atoms with Crippen LogP contribution in [0.1, 0.15) is 37.3 Å². The molecule has 1 amide bonds. The van der Waals surface area contributed by atoms with Gasteiger partial charge in [0.1, 0.15) is 6.61 Å². The van der Waals surface area contributed by atoms with E-state index in [-0.39, 0.29) is 18.6 Å². The molecular formula is C23H28N2O4. The van der Waals surface area contributed by atoms with Crippen molar-refractivity contribution >= 4 is 12.1 Å². The normalized spacial score (nSPS) is 16.6. The Labute approximate surface area is 172 Å². The van der Waals surface area contributed by atoms with Crippen LogP contribution in [0, 0.1) is 0 Å². The Kier molecular flexibility index (Phi) is 7.50. The summed E-state index contributed by atoms with van der Waals surface area (Å²) in [6.45, 7) is 3.30. The molecule has 0 spiro atoms. The Morgan fingerprint density at radius 1 is 1.17 bits per heavy atom. The topological polar surface area (TPSA) is 60.4 Å². The zero-order chi connectivity index (χ0) is 20.5. The van der Waals surface area contributed by atoms with Crippen LogP contribution in [0.4, 0.5) is 0 Å². The summed E-state index contributed by atoms with van der Waals surface area (Å²) in [5.41, 5.74) is 1.88. The van der Waals surface area contributed by atoms with Crippen LogP contribution >= 0.6 is 0 Å². The van der Waals surface area contributed by atoms with Crippen molar-refractivity contribution in [2.45, 2.75) is 38.8 Å². The molecule has 1 fully saturated rings. The first-order valence-corrected chi connectivity index (χ1v) is 9.97. The number of ether oxygens (including phenoxy) is 2. The van der Waals surface area contributed by atoms with Gasteiger partial charge in [-0.15, -0.1) is 0 Å². The van der Waals surface area contributed by atoms with Crippen LogP contribution in [-0.4, -0.2) is 43.3 Å². The first-order valence-electron chi connectivity index (χ1n) is 9.97. The van der Waals surface area contributed by atoms with Crippen LogP contribution in [0.5, 0.6) is 11.5 Å². The molecule has 0 bridgehead atoms.